The summed E-state index contributed by atoms with van der Waals surface area (Å²) in [7, 11) is 0. The Balaban J connectivity index is 2.01. The van der Waals surface area contributed by atoms with E-state index in [4.69, 9.17) is 5.73 Å². The van der Waals surface area contributed by atoms with Crippen LogP contribution in [0.1, 0.15) is 30.4 Å². The van der Waals surface area contributed by atoms with Crippen molar-refractivity contribution in [2.75, 3.05) is 5.73 Å². The van der Waals surface area contributed by atoms with Gasteiger partial charge in [0.15, 0.2) is 0 Å². The molecule has 0 radical (unpaired) electrons. The van der Waals surface area contributed by atoms with E-state index in [0.717, 1.165) is 23.8 Å². The van der Waals surface area contributed by atoms with Crippen LogP contribution in [-0.2, 0) is 11.2 Å². The fourth-order valence-corrected chi connectivity index (χ4v) is 2.25. The molecule has 0 amide bonds. The van der Waals surface area contributed by atoms with Crippen LogP contribution in [0.4, 0.5) is 14.5 Å². The van der Waals surface area contributed by atoms with Crippen molar-refractivity contribution in [2.45, 2.75) is 25.7 Å². The van der Waals surface area contributed by atoms with E-state index in [-0.39, 0.29) is 30.1 Å². The van der Waals surface area contributed by atoms with E-state index in [1.807, 2.05) is 19.1 Å². The summed E-state index contributed by atoms with van der Waals surface area (Å²) >= 11 is 0. The Bertz CT molecular complexity index is 638. The summed E-state index contributed by atoms with van der Waals surface area (Å²) in [5, 5.41) is 0. The smallest absolute Gasteiger partial charge is 0.137 e. The first-order valence-corrected chi connectivity index (χ1v) is 6.77. The van der Waals surface area contributed by atoms with Crippen LogP contribution < -0.4 is 5.73 Å². The van der Waals surface area contributed by atoms with Crippen molar-refractivity contribution in [3.8, 4) is 0 Å². The molecule has 2 rings (SSSR count). The zero-order chi connectivity index (χ0) is 15.4. The molecule has 4 heteroatoms. The molecule has 0 heterocycles. The fraction of sp³-hybridized carbons (Fsp3) is 0.235. The van der Waals surface area contributed by atoms with Crippen molar-refractivity contribution >= 4 is 11.5 Å². The maximum Gasteiger partial charge on any atom is 0.137 e. The van der Waals surface area contributed by atoms with Gasteiger partial charge in [-0.3, -0.25) is 4.79 Å². The van der Waals surface area contributed by atoms with E-state index in [2.05, 4.69) is 0 Å². The Kier molecular flexibility index (Phi) is 4.68. The van der Waals surface area contributed by atoms with Crippen LogP contribution in [0.15, 0.2) is 42.5 Å². The average Bonchev–Trinajstić information content (AvgIpc) is 2.43. The molecule has 0 aliphatic rings. The second-order valence-corrected chi connectivity index (χ2v) is 5.22. The van der Waals surface area contributed by atoms with Gasteiger partial charge >= 0.3 is 0 Å². The highest BCUT2D eigenvalue weighted by atomic mass is 19.1. The van der Waals surface area contributed by atoms with Crippen molar-refractivity contribution < 1.29 is 13.6 Å². The zero-order valence-corrected chi connectivity index (χ0v) is 11.8. The van der Waals surface area contributed by atoms with Gasteiger partial charge in [-0.15, -0.1) is 0 Å². The Hall–Kier alpha value is -2.23. The summed E-state index contributed by atoms with van der Waals surface area (Å²) in [4.78, 5) is 12.0. The number of hydrogen-bond acceptors (Lipinski definition) is 2. The van der Waals surface area contributed by atoms with Crippen LogP contribution in [0.25, 0.3) is 0 Å². The second kappa shape index (κ2) is 6.48. The van der Waals surface area contributed by atoms with Crippen molar-refractivity contribution in [1.29, 1.82) is 0 Å². The number of nitrogens with two attached hydrogens (primary N) is 1. The minimum Gasteiger partial charge on any atom is -0.399 e. The van der Waals surface area contributed by atoms with Gasteiger partial charge in [0.2, 0.25) is 0 Å². The number of hydrogen-bond donors (Lipinski definition) is 1. The Labute approximate surface area is 122 Å². The molecule has 2 N–H and O–H groups in total. The molecular weight excluding hydrogens is 272 g/mol. The standard InChI is InChI=1S/C17H17F2NO/c1-11(12-2-5-15(20)6-3-12)8-16(21)10-13-9-14(18)4-7-17(13)19/h2-7,9,11H,8,10,20H2,1H3. The van der Waals surface area contributed by atoms with Gasteiger partial charge in [-0.05, 0) is 47.4 Å². The minimum absolute atomic E-state index is 0.00900. The molecule has 2 aromatic rings. The van der Waals surface area contributed by atoms with Gasteiger partial charge in [0.25, 0.3) is 0 Å². The summed E-state index contributed by atoms with van der Waals surface area (Å²) in [6.45, 7) is 1.92. The number of nitrogen functional groups attached to an aromatic ring is 1. The number of carbonyl (C=O) groups excluding carboxylic acids is 1. The van der Waals surface area contributed by atoms with Crippen LogP contribution in [-0.4, -0.2) is 5.78 Å². The molecule has 2 aromatic carbocycles. The van der Waals surface area contributed by atoms with Crippen LogP contribution >= 0.6 is 0 Å². The molecular formula is C17H17F2NO. The zero-order valence-electron chi connectivity index (χ0n) is 11.8. The molecule has 0 saturated carbocycles. The molecule has 0 bridgehead atoms. The van der Waals surface area contributed by atoms with Gasteiger partial charge in [-0.1, -0.05) is 19.1 Å². The highest BCUT2D eigenvalue weighted by molar-refractivity contribution is 5.81. The van der Waals surface area contributed by atoms with Crippen LogP contribution in [0.2, 0.25) is 0 Å². The molecule has 0 aromatic heterocycles. The summed E-state index contributed by atoms with van der Waals surface area (Å²) in [6, 6.07) is 10.5. The Morgan fingerprint density at radius 3 is 2.48 bits per heavy atom. The molecule has 1 atom stereocenters. The van der Waals surface area contributed by atoms with Gasteiger partial charge in [-0.25, -0.2) is 8.78 Å². The third-order valence-electron chi connectivity index (χ3n) is 3.43. The second-order valence-electron chi connectivity index (χ2n) is 5.22. The van der Waals surface area contributed by atoms with Crippen LogP contribution in [0.3, 0.4) is 0 Å². The first kappa shape index (κ1) is 15.2. The van der Waals surface area contributed by atoms with Crippen molar-refractivity contribution in [1.82, 2.24) is 0 Å². The Morgan fingerprint density at radius 1 is 1.14 bits per heavy atom. The van der Waals surface area contributed by atoms with Crippen molar-refractivity contribution in [2.24, 2.45) is 0 Å². The van der Waals surface area contributed by atoms with Gasteiger partial charge in [0.05, 0.1) is 0 Å². The van der Waals surface area contributed by atoms with E-state index in [1.165, 1.54) is 0 Å². The average molecular weight is 289 g/mol. The minimum atomic E-state index is -0.551. The predicted octanol–water partition coefficient (Wildman–Crippen LogP) is 3.85. The van der Waals surface area contributed by atoms with E-state index in [9.17, 15) is 13.6 Å². The molecule has 0 aliphatic carbocycles. The molecule has 0 saturated heterocycles. The first-order valence-electron chi connectivity index (χ1n) is 6.77. The number of Topliss-reactive ketones (excluding diaryl/α,β-unsaturated/α-hetero) is 1. The number of anilines is 1. The van der Waals surface area contributed by atoms with E-state index in [1.54, 1.807) is 12.1 Å². The van der Waals surface area contributed by atoms with Gasteiger partial charge in [0.1, 0.15) is 17.4 Å². The van der Waals surface area contributed by atoms with E-state index < -0.39 is 11.6 Å². The summed E-state index contributed by atoms with van der Waals surface area (Å²) in [5.41, 5.74) is 7.38. The number of ketones is 1. The van der Waals surface area contributed by atoms with Gasteiger partial charge in [-0.2, -0.15) is 0 Å². The fourth-order valence-electron chi connectivity index (χ4n) is 2.25. The molecule has 0 spiro atoms. The largest absolute Gasteiger partial charge is 0.399 e. The predicted molar refractivity (Wildman–Crippen MR) is 79.0 cm³/mol. The van der Waals surface area contributed by atoms with Gasteiger partial charge < -0.3 is 5.73 Å². The topological polar surface area (TPSA) is 43.1 Å². The summed E-state index contributed by atoms with van der Waals surface area (Å²) in [6.07, 6.45) is 0.183. The normalized spacial score (nSPS) is 12.1. The third-order valence-corrected chi connectivity index (χ3v) is 3.43. The molecule has 21 heavy (non-hydrogen) atoms. The van der Waals surface area contributed by atoms with Crippen molar-refractivity contribution in [3.63, 3.8) is 0 Å². The van der Waals surface area contributed by atoms with Crippen molar-refractivity contribution in [3.05, 3.63) is 65.2 Å². The molecule has 110 valence electrons. The number of benzene rings is 2. The molecule has 2 nitrogen and oxygen atoms in total. The maximum absolute atomic E-state index is 13.5. The molecule has 0 aliphatic heterocycles. The summed E-state index contributed by atoms with van der Waals surface area (Å²) < 4.78 is 26.6. The highest BCUT2D eigenvalue weighted by Crippen LogP contribution is 2.21. The van der Waals surface area contributed by atoms with Crippen LogP contribution in [0, 0.1) is 11.6 Å². The molecule has 0 fully saturated rings. The third kappa shape index (κ3) is 4.12. The number of rotatable bonds is 5. The lowest BCUT2D eigenvalue weighted by molar-refractivity contribution is -0.118. The monoisotopic (exact) mass is 289 g/mol. The lowest BCUT2D eigenvalue weighted by atomic mass is 9.93. The number of carbonyl (C=O) groups is 1. The maximum atomic E-state index is 13.5. The first-order chi connectivity index (χ1) is 9.95. The highest BCUT2D eigenvalue weighted by Gasteiger charge is 2.14. The summed E-state index contributed by atoms with van der Waals surface area (Å²) in [5.74, 6) is -1.20. The quantitative estimate of drug-likeness (QED) is 0.849. The number of halogens is 2. The SMILES string of the molecule is CC(CC(=O)Cc1cc(F)ccc1F)c1ccc(N)cc1. The Morgan fingerprint density at radius 2 is 1.81 bits per heavy atom. The van der Waals surface area contributed by atoms with Gasteiger partial charge in [0, 0.05) is 18.5 Å². The molecule has 1 unspecified atom stereocenters. The lowest BCUT2D eigenvalue weighted by Gasteiger charge is -2.11. The van der Waals surface area contributed by atoms with E-state index in [0.29, 0.717) is 5.69 Å². The van der Waals surface area contributed by atoms with E-state index >= 15 is 0 Å². The lowest BCUT2D eigenvalue weighted by Crippen LogP contribution is -2.09. The van der Waals surface area contributed by atoms with Crippen LogP contribution in [0.5, 0.6) is 0 Å².